The molecule has 0 aromatic heterocycles. The number of unbranched alkanes of at least 4 members (excludes halogenated alkanes) is 10. The second-order valence-corrected chi connectivity index (χ2v) is 11.7. The van der Waals surface area contributed by atoms with Gasteiger partial charge in [0.2, 0.25) is 0 Å². The molecule has 0 aliphatic rings. The molecule has 0 aliphatic carbocycles. The maximum atomic E-state index is 12.4. The molecular weight excluding hydrogens is 586 g/mol. The van der Waals surface area contributed by atoms with E-state index in [0.717, 1.165) is 55.9 Å². The average Bonchev–Trinajstić information content (AvgIpc) is 3.01. The number of aliphatic carboxylic acids is 1. The smallest absolute Gasteiger partial charge is 0.408 e. The maximum Gasteiger partial charge on any atom is 0.408 e. The van der Waals surface area contributed by atoms with E-state index in [-0.39, 0.29) is 24.7 Å². The molecular formula is C32H53N3O8S. The molecule has 12 heteroatoms. The van der Waals surface area contributed by atoms with E-state index in [4.69, 9.17) is 14.2 Å². The average molecular weight is 640 g/mol. The van der Waals surface area contributed by atoms with Gasteiger partial charge < -0.3 is 35.3 Å². The molecule has 4 N–H and O–H groups in total. The zero-order valence-electron chi connectivity index (χ0n) is 26.5. The Labute approximate surface area is 266 Å². The highest BCUT2D eigenvalue weighted by molar-refractivity contribution is 7.99. The highest BCUT2D eigenvalue weighted by Crippen LogP contribution is 2.11. The lowest BCUT2D eigenvalue weighted by atomic mass is 10.1. The summed E-state index contributed by atoms with van der Waals surface area (Å²) < 4.78 is 15.9. The molecule has 0 saturated heterocycles. The summed E-state index contributed by atoms with van der Waals surface area (Å²) in [4.78, 5) is 48.6. The molecule has 2 atom stereocenters. The summed E-state index contributed by atoms with van der Waals surface area (Å²) in [6, 6.07) is 7.81. The second-order valence-electron chi connectivity index (χ2n) is 10.6. The van der Waals surface area contributed by atoms with Crippen molar-refractivity contribution in [2.45, 2.75) is 110 Å². The molecule has 0 unspecified atom stereocenters. The summed E-state index contributed by atoms with van der Waals surface area (Å²) in [6.07, 6.45) is 10.2. The highest BCUT2D eigenvalue weighted by Gasteiger charge is 2.23. The minimum absolute atomic E-state index is 0.00812. The van der Waals surface area contributed by atoms with Crippen molar-refractivity contribution in [2.75, 3.05) is 31.2 Å². The number of amides is 3. The number of carbonyl (C=O) groups is 4. The number of nitrogens with one attached hydrogen (secondary N) is 3. The lowest BCUT2D eigenvalue weighted by molar-refractivity contribution is -0.138. The first kappa shape index (κ1) is 38.9. The number of hydrogen-bond acceptors (Lipinski definition) is 8. The molecule has 11 nitrogen and oxygen atoms in total. The van der Waals surface area contributed by atoms with E-state index in [1.165, 1.54) is 38.5 Å². The van der Waals surface area contributed by atoms with Gasteiger partial charge in [0, 0.05) is 24.6 Å². The van der Waals surface area contributed by atoms with Gasteiger partial charge >= 0.3 is 24.2 Å². The molecule has 3 amide bonds. The molecule has 0 heterocycles. The third-order valence-electron chi connectivity index (χ3n) is 6.66. The van der Waals surface area contributed by atoms with Crippen LogP contribution in [0.4, 0.5) is 14.4 Å². The van der Waals surface area contributed by atoms with Gasteiger partial charge in [-0.3, -0.25) is 0 Å². The zero-order valence-corrected chi connectivity index (χ0v) is 27.3. The highest BCUT2D eigenvalue weighted by atomic mass is 32.2. The number of hydrogen-bond donors (Lipinski definition) is 4. The standard InChI is InChI=1S/C32H53N3O8S/c1-3-5-7-9-11-16-20-33-30(38)42-23-27(43-31(39)34-21-17-12-10-8-6-4-2)24-44-25-28(29(36)37)35-32(40)41-22-26-18-14-13-15-19-26/h13-15,18-19,27-28H,3-12,16-17,20-25H2,1-2H3,(H,33,38)(H,34,39)(H,35,40)(H,36,37)/t27-,28-/m0/s1. The molecule has 1 rings (SSSR count). The van der Waals surface area contributed by atoms with Crippen LogP contribution >= 0.6 is 11.8 Å². The van der Waals surface area contributed by atoms with Gasteiger partial charge in [-0.2, -0.15) is 11.8 Å². The summed E-state index contributed by atoms with van der Waals surface area (Å²) >= 11 is 1.15. The summed E-state index contributed by atoms with van der Waals surface area (Å²) in [7, 11) is 0. The first-order valence-corrected chi connectivity index (χ1v) is 17.1. The van der Waals surface area contributed by atoms with Crippen LogP contribution in [-0.4, -0.2) is 72.7 Å². The third-order valence-corrected chi connectivity index (χ3v) is 7.84. The number of carboxylic acids is 1. The molecule has 0 radical (unpaired) electrons. The fourth-order valence-electron chi connectivity index (χ4n) is 4.12. The van der Waals surface area contributed by atoms with Crippen LogP contribution < -0.4 is 16.0 Å². The van der Waals surface area contributed by atoms with Gasteiger partial charge in [0.1, 0.15) is 25.4 Å². The molecule has 0 saturated carbocycles. The van der Waals surface area contributed by atoms with E-state index >= 15 is 0 Å². The summed E-state index contributed by atoms with van der Waals surface area (Å²) in [5, 5.41) is 17.4. The van der Waals surface area contributed by atoms with Crippen molar-refractivity contribution in [3.05, 3.63) is 35.9 Å². The normalized spacial score (nSPS) is 12.0. The van der Waals surface area contributed by atoms with E-state index < -0.39 is 36.4 Å². The fraction of sp³-hybridized carbons (Fsp3) is 0.688. The summed E-state index contributed by atoms with van der Waals surface area (Å²) in [5.74, 6) is -1.09. The topological polar surface area (TPSA) is 152 Å². The van der Waals surface area contributed by atoms with Crippen molar-refractivity contribution in [3.8, 4) is 0 Å². The quantitative estimate of drug-likeness (QED) is 0.0681. The zero-order chi connectivity index (χ0) is 32.3. The van der Waals surface area contributed by atoms with Crippen LogP contribution in [-0.2, 0) is 25.6 Å². The molecule has 44 heavy (non-hydrogen) atoms. The Balaban J connectivity index is 2.52. The molecule has 250 valence electrons. The van der Waals surface area contributed by atoms with Gasteiger partial charge in [-0.05, 0) is 18.4 Å². The number of benzene rings is 1. The molecule has 1 aromatic carbocycles. The number of carboxylic acid groups (broad SMARTS) is 1. The SMILES string of the molecule is CCCCCCCCNC(=O)OC[C@@H](CSC[C@H](NC(=O)OCc1ccccc1)C(=O)O)OC(=O)NCCCCCCCC. The van der Waals surface area contributed by atoms with E-state index in [1.54, 1.807) is 12.1 Å². The molecule has 0 bridgehead atoms. The van der Waals surface area contributed by atoms with Gasteiger partial charge in [0.25, 0.3) is 0 Å². The first-order valence-electron chi connectivity index (χ1n) is 16.0. The minimum Gasteiger partial charge on any atom is -0.480 e. The summed E-state index contributed by atoms with van der Waals surface area (Å²) in [5.41, 5.74) is 0.773. The number of carbonyl (C=O) groups excluding carboxylic acids is 3. The Morgan fingerprint density at radius 1 is 0.727 bits per heavy atom. The Hall–Kier alpha value is -3.15. The number of rotatable bonds is 25. The van der Waals surface area contributed by atoms with Gasteiger partial charge in [-0.1, -0.05) is 108 Å². The largest absolute Gasteiger partial charge is 0.480 e. The first-order chi connectivity index (χ1) is 21.3. The van der Waals surface area contributed by atoms with Crippen LogP contribution in [0.1, 0.15) is 96.5 Å². The Bertz CT molecular complexity index is 922. The van der Waals surface area contributed by atoms with E-state index in [2.05, 4.69) is 29.8 Å². The number of alkyl carbamates (subject to hydrolysis) is 3. The number of ether oxygens (including phenoxy) is 3. The Morgan fingerprint density at radius 3 is 1.89 bits per heavy atom. The second kappa shape index (κ2) is 26.3. The van der Waals surface area contributed by atoms with Crippen LogP contribution in [0, 0.1) is 0 Å². The van der Waals surface area contributed by atoms with E-state index in [1.807, 2.05) is 18.2 Å². The van der Waals surface area contributed by atoms with Crippen LogP contribution in [0.25, 0.3) is 0 Å². The van der Waals surface area contributed by atoms with Crippen molar-refractivity contribution in [3.63, 3.8) is 0 Å². The Kier molecular flexibility index (Phi) is 23.2. The van der Waals surface area contributed by atoms with Crippen molar-refractivity contribution in [1.29, 1.82) is 0 Å². The lowest BCUT2D eigenvalue weighted by Gasteiger charge is -2.20. The van der Waals surface area contributed by atoms with Crippen molar-refractivity contribution in [1.82, 2.24) is 16.0 Å². The van der Waals surface area contributed by atoms with Crippen molar-refractivity contribution >= 4 is 36.0 Å². The predicted octanol–water partition coefficient (Wildman–Crippen LogP) is 6.64. The molecule has 0 fully saturated rings. The lowest BCUT2D eigenvalue weighted by Crippen LogP contribution is -2.43. The van der Waals surface area contributed by atoms with Crippen LogP contribution in [0.5, 0.6) is 0 Å². The van der Waals surface area contributed by atoms with Gasteiger partial charge in [-0.25, -0.2) is 19.2 Å². The number of thioether (sulfide) groups is 1. The van der Waals surface area contributed by atoms with Crippen molar-refractivity contribution < 1.29 is 38.5 Å². The third kappa shape index (κ3) is 21.5. The van der Waals surface area contributed by atoms with Crippen LogP contribution in [0.15, 0.2) is 30.3 Å². The predicted molar refractivity (Wildman–Crippen MR) is 173 cm³/mol. The van der Waals surface area contributed by atoms with Gasteiger partial charge in [0.05, 0.1) is 0 Å². The van der Waals surface area contributed by atoms with Crippen LogP contribution in [0.3, 0.4) is 0 Å². The maximum absolute atomic E-state index is 12.4. The van der Waals surface area contributed by atoms with Crippen molar-refractivity contribution in [2.24, 2.45) is 0 Å². The molecule has 1 aromatic rings. The fourth-order valence-corrected chi connectivity index (χ4v) is 5.14. The minimum atomic E-state index is -1.23. The summed E-state index contributed by atoms with van der Waals surface area (Å²) in [6.45, 7) is 5.11. The molecule has 0 aliphatic heterocycles. The monoisotopic (exact) mass is 639 g/mol. The van der Waals surface area contributed by atoms with E-state index in [9.17, 15) is 24.3 Å². The molecule has 0 spiro atoms. The Morgan fingerprint density at radius 2 is 1.30 bits per heavy atom. The van der Waals surface area contributed by atoms with Crippen LogP contribution in [0.2, 0.25) is 0 Å². The van der Waals surface area contributed by atoms with E-state index in [0.29, 0.717) is 13.1 Å². The van der Waals surface area contributed by atoms with Gasteiger partial charge in [-0.15, -0.1) is 0 Å². The van der Waals surface area contributed by atoms with Gasteiger partial charge in [0.15, 0.2) is 0 Å².